The largest absolute Gasteiger partial charge is 0.491 e. The van der Waals surface area contributed by atoms with Crippen LogP contribution < -0.4 is 14.8 Å². The molecule has 0 aromatic heterocycles. The third-order valence-corrected chi connectivity index (χ3v) is 3.78. The van der Waals surface area contributed by atoms with Crippen molar-refractivity contribution in [3.63, 3.8) is 0 Å². The summed E-state index contributed by atoms with van der Waals surface area (Å²) >= 11 is 0. The van der Waals surface area contributed by atoms with Gasteiger partial charge in [-0.25, -0.2) is 0 Å². The Kier molecular flexibility index (Phi) is 6.45. The molecule has 1 atom stereocenters. The normalized spacial score (nSPS) is 12.3. The first-order valence-corrected chi connectivity index (χ1v) is 8.59. The summed E-state index contributed by atoms with van der Waals surface area (Å²) in [6, 6.07) is 17.3. The number of ether oxygens (including phenoxy) is 2. The lowest BCUT2D eigenvalue weighted by Gasteiger charge is -2.22. The zero-order valence-electron chi connectivity index (χ0n) is 15.4. The minimum absolute atomic E-state index is 0.0118. The van der Waals surface area contributed by atoms with Gasteiger partial charge in [-0.2, -0.15) is 0 Å². The molecule has 0 bridgehead atoms. The van der Waals surface area contributed by atoms with Gasteiger partial charge in [0.2, 0.25) is 0 Å². The Morgan fingerprint density at radius 1 is 1.04 bits per heavy atom. The molecule has 0 aliphatic heterocycles. The van der Waals surface area contributed by atoms with Crippen molar-refractivity contribution >= 4 is 5.91 Å². The molecule has 0 fully saturated rings. The first-order valence-electron chi connectivity index (χ1n) is 8.59. The Hall–Kier alpha value is -2.49. The van der Waals surface area contributed by atoms with Gasteiger partial charge in [-0.05, 0) is 36.1 Å². The van der Waals surface area contributed by atoms with Crippen LogP contribution in [0.25, 0.3) is 0 Å². The maximum atomic E-state index is 12.1. The quantitative estimate of drug-likeness (QED) is 0.776. The molecule has 25 heavy (non-hydrogen) atoms. The lowest BCUT2D eigenvalue weighted by molar-refractivity contribution is -0.127. The minimum atomic E-state index is -0.552. The third kappa shape index (κ3) is 5.82. The highest BCUT2D eigenvalue weighted by atomic mass is 16.5. The van der Waals surface area contributed by atoms with E-state index < -0.39 is 6.10 Å². The van der Waals surface area contributed by atoms with Gasteiger partial charge in [0.05, 0.1) is 6.54 Å². The molecule has 4 nitrogen and oxygen atoms in total. The van der Waals surface area contributed by atoms with Crippen molar-refractivity contribution in [2.45, 2.75) is 39.2 Å². The van der Waals surface area contributed by atoms with Crippen molar-refractivity contribution in [3.8, 4) is 11.5 Å². The second-order valence-electron chi connectivity index (χ2n) is 6.96. The summed E-state index contributed by atoms with van der Waals surface area (Å²) in [6.07, 6.45) is -0.552. The van der Waals surface area contributed by atoms with Crippen LogP contribution in [-0.4, -0.2) is 25.2 Å². The maximum Gasteiger partial charge on any atom is 0.260 e. The van der Waals surface area contributed by atoms with Gasteiger partial charge < -0.3 is 14.8 Å². The van der Waals surface area contributed by atoms with Gasteiger partial charge in [0.15, 0.2) is 6.10 Å². The number of nitrogens with one attached hydrogen (secondary N) is 1. The second-order valence-corrected chi connectivity index (χ2v) is 6.96. The summed E-state index contributed by atoms with van der Waals surface area (Å²) in [7, 11) is 0. The molecular formula is C21H27NO3. The number of hydrogen-bond acceptors (Lipinski definition) is 3. The standard InChI is InChI=1S/C21H27NO3/c1-16(25-17-10-6-5-7-11-17)20(23)22-14-15-24-19-13-9-8-12-18(19)21(2,3)4/h5-13,16H,14-15H2,1-4H3,(H,22,23). The van der Waals surface area contributed by atoms with Crippen LogP contribution in [0, 0.1) is 0 Å². The van der Waals surface area contributed by atoms with Crippen LogP contribution in [0.15, 0.2) is 54.6 Å². The van der Waals surface area contributed by atoms with Gasteiger partial charge >= 0.3 is 0 Å². The number of rotatable bonds is 7. The monoisotopic (exact) mass is 341 g/mol. The molecule has 134 valence electrons. The predicted octanol–water partition coefficient (Wildman–Crippen LogP) is 3.95. The van der Waals surface area contributed by atoms with Crippen molar-refractivity contribution in [3.05, 3.63) is 60.2 Å². The molecule has 0 saturated carbocycles. The molecule has 0 radical (unpaired) electrons. The van der Waals surface area contributed by atoms with Gasteiger partial charge in [0, 0.05) is 0 Å². The summed E-state index contributed by atoms with van der Waals surface area (Å²) in [6.45, 7) is 9.04. The van der Waals surface area contributed by atoms with Gasteiger partial charge in [0.1, 0.15) is 18.1 Å². The molecule has 1 N–H and O–H groups in total. The highest BCUT2D eigenvalue weighted by Gasteiger charge is 2.18. The van der Waals surface area contributed by atoms with Gasteiger partial charge in [-0.1, -0.05) is 57.2 Å². The van der Waals surface area contributed by atoms with E-state index in [0.29, 0.717) is 18.9 Å². The molecule has 0 spiro atoms. The number of carbonyl (C=O) groups excluding carboxylic acids is 1. The van der Waals surface area contributed by atoms with Crippen molar-refractivity contribution in [2.75, 3.05) is 13.2 Å². The Morgan fingerprint density at radius 2 is 1.68 bits per heavy atom. The zero-order chi connectivity index (χ0) is 18.3. The van der Waals surface area contributed by atoms with E-state index in [4.69, 9.17) is 9.47 Å². The van der Waals surface area contributed by atoms with E-state index in [1.54, 1.807) is 6.92 Å². The summed E-state index contributed by atoms with van der Waals surface area (Å²) in [5, 5.41) is 2.84. The number of carbonyl (C=O) groups is 1. The van der Waals surface area contributed by atoms with Crippen LogP contribution in [0.3, 0.4) is 0 Å². The summed E-state index contributed by atoms with van der Waals surface area (Å²) in [5.74, 6) is 1.38. The Bertz CT molecular complexity index is 677. The molecule has 2 aromatic rings. The van der Waals surface area contributed by atoms with E-state index in [2.05, 4.69) is 32.2 Å². The fourth-order valence-corrected chi connectivity index (χ4v) is 2.45. The molecule has 4 heteroatoms. The average molecular weight is 341 g/mol. The Morgan fingerprint density at radius 3 is 2.36 bits per heavy atom. The lowest BCUT2D eigenvalue weighted by Crippen LogP contribution is -2.38. The third-order valence-electron chi connectivity index (χ3n) is 3.78. The minimum Gasteiger partial charge on any atom is -0.491 e. The number of hydrogen-bond donors (Lipinski definition) is 1. The second kappa shape index (κ2) is 8.56. The van der Waals surface area contributed by atoms with Gasteiger partial charge in [0.25, 0.3) is 5.91 Å². The summed E-state index contributed by atoms with van der Waals surface area (Å²) in [4.78, 5) is 12.1. The van der Waals surface area contributed by atoms with Crippen LogP contribution in [0.5, 0.6) is 11.5 Å². The predicted molar refractivity (Wildman–Crippen MR) is 100 cm³/mol. The molecule has 1 unspecified atom stereocenters. The lowest BCUT2D eigenvalue weighted by atomic mass is 9.86. The van der Waals surface area contributed by atoms with E-state index in [1.165, 1.54) is 0 Å². The fraction of sp³-hybridized carbons (Fsp3) is 0.381. The molecule has 0 heterocycles. The van der Waals surface area contributed by atoms with Crippen molar-refractivity contribution < 1.29 is 14.3 Å². The van der Waals surface area contributed by atoms with Gasteiger partial charge in [-0.3, -0.25) is 4.79 Å². The Labute approximate surface area is 150 Å². The number of benzene rings is 2. The zero-order valence-corrected chi connectivity index (χ0v) is 15.4. The summed E-state index contributed by atoms with van der Waals surface area (Å²) in [5.41, 5.74) is 1.17. The molecular weight excluding hydrogens is 314 g/mol. The Balaban J connectivity index is 1.79. The topological polar surface area (TPSA) is 47.6 Å². The SMILES string of the molecule is CC(Oc1ccccc1)C(=O)NCCOc1ccccc1C(C)(C)C. The number of para-hydroxylation sites is 2. The van der Waals surface area contributed by atoms with Crippen molar-refractivity contribution in [2.24, 2.45) is 0 Å². The van der Waals surface area contributed by atoms with Crippen molar-refractivity contribution in [1.82, 2.24) is 5.32 Å². The average Bonchev–Trinajstić information content (AvgIpc) is 2.59. The van der Waals surface area contributed by atoms with Crippen LogP contribution in [0.2, 0.25) is 0 Å². The van der Waals surface area contributed by atoms with Crippen LogP contribution in [0.4, 0.5) is 0 Å². The highest BCUT2D eigenvalue weighted by Crippen LogP contribution is 2.30. The molecule has 1 amide bonds. The van der Waals surface area contributed by atoms with Crippen LogP contribution in [0.1, 0.15) is 33.3 Å². The van der Waals surface area contributed by atoms with E-state index in [1.807, 2.05) is 48.5 Å². The van der Waals surface area contributed by atoms with E-state index in [9.17, 15) is 4.79 Å². The maximum absolute atomic E-state index is 12.1. The fourth-order valence-electron chi connectivity index (χ4n) is 2.45. The smallest absolute Gasteiger partial charge is 0.260 e. The highest BCUT2D eigenvalue weighted by molar-refractivity contribution is 5.80. The molecule has 0 aliphatic carbocycles. The van der Waals surface area contributed by atoms with E-state index >= 15 is 0 Å². The van der Waals surface area contributed by atoms with Crippen LogP contribution in [-0.2, 0) is 10.2 Å². The molecule has 0 aliphatic rings. The summed E-state index contributed by atoms with van der Waals surface area (Å²) < 4.78 is 11.5. The number of amides is 1. The molecule has 2 aromatic carbocycles. The first kappa shape index (κ1) is 18.8. The van der Waals surface area contributed by atoms with Crippen molar-refractivity contribution in [1.29, 1.82) is 0 Å². The van der Waals surface area contributed by atoms with E-state index in [-0.39, 0.29) is 11.3 Å². The van der Waals surface area contributed by atoms with E-state index in [0.717, 1.165) is 11.3 Å². The van der Waals surface area contributed by atoms with Crippen LogP contribution >= 0.6 is 0 Å². The molecule has 0 saturated heterocycles. The van der Waals surface area contributed by atoms with Gasteiger partial charge in [-0.15, -0.1) is 0 Å². The molecule has 2 rings (SSSR count). The first-order chi connectivity index (χ1) is 11.9.